The van der Waals surface area contributed by atoms with Crippen molar-refractivity contribution in [3.63, 3.8) is 0 Å². The van der Waals surface area contributed by atoms with Crippen LogP contribution in [0.25, 0.3) is 0 Å². The Balaban J connectivity index is 4.82. The van der Waals surface area contributed by atoms with Gasteiger partial charge in [0.15, 0.2) is 0 Å². The quantitative estimate of drug-likeness (QED) is 0.402. The molecule has 0 N–H and O–H groups in total. The van der Waals surface area contributed by atoms with Gasteiger partial charge in [0.1, 0.15) is 6.54 Å². The average Bonchev–Trinajstić information content (AvgIpc) is 2.32. The molecule has 0 rings (SSSR count). The second-order valence-electron chi connectivity index (χ2n) is 5.57. The second-order valence-corrected chi connectivity index (χ2v) is 5.57. The molecule has 0 bridgehead atoms. The number of quaternary nitrogens is 1. The fourth-order valence-corrected chi connectivity index (χ4v) is 2.69. The lowest BCUT2D eigenvalue weighted by Crippen LogP contribution is -2.50. The van der Waals surface area contributed by atoms with Crippen LogP contribution in [-0.4, -0.2) is 30.7 Å². The lowest BCUT2D eigenvalue weighted by atomic mass is 10.1. The van der Waals surface area contributed by atoms with E-state index >= 15 is 0 Å². The van der Waals surface area contributed by atoms with Crippen molar-refractivity contribution in [3.8, 4) is 0 Å². The predicted molar refractivity (Wildman–Crippen MR) is 79.3 cm³/mol. The fraction of sp³-hybridized carbons (Fsp3) is 0.875. The predicted octanol–water partition coefficient (Wildman–Crippen LogP) is 4.78. The highest BCUT2D eigenvalue weighted by atomic mass is 15.3. The van der Waals surface area contributed by atoms with Crippen LogP contribution in [-0.2, 0) is 0 Å². The first kappa shape index (κ1) is 16.7. The Morgan fingerprint density at radius 3 is 1.88 bits per heavy atom. The lowest BCUT2D eigenvalue weighted by molar-refractivity contribution is -0.922. The van der Waals surface area contributed by atoms with Gasteiger partial charge in [-0.2, -0.15) is 0 Å². The summed E-state index contributed by atoms with van der Waals surface area (Å²) >= 11 is 0. The molecular formula is C16H34N+. The maximum Gasteiger partial charge on any atom is 0.101 e. The second kappa shape index (κ2) is 8.74. The van der Waals surface area contributed by atoms with Gasteiger partial charge in [-0.15, -0.1) is 0 Å². The largest absolute Gasteiger partial charge is 0.320 e. The standard InChI is InChI=1S/C16H34N/c1-7-11-13-17(10-4,12-8-2)14-16(9-3)15(5)6/h7-14H2,1-6H3/q+1. The smallest absolute Gasteiger partial charge is 0.101 e. The number of hydrogen-bond acceptors (Lipinski definition) is 0. The van der Waals surface area contributed by atoms with Gasteiger partial charge in [0, 0.05) is 0 Å². The van der Waals surface area contributed by atoms with Gasteiger partial charge in [-0.3, -0.25) is 0 Å². The summed E-state index contributed by atoms with van der Waals surface area (Å²) in [7, 11) is 0. The van der Waals surface area contributed by atoms with E-state index in [2.05, 4.69) is 41.5 Å². The molecule has 1 heteroatoms. The molecule has 0 radical (unpaired) electrons. The molecule has 0 saturated carbocycles. The first-order chi connectivity index (χ1) is 8.05. The summed E-state index contributed by atoms with van der Waals surface area (Å²) < 4.78 is 1.30. The summed E-state index contributed by atoms with van der Waals surface area (Å²) in [5.41, 5.74) is 3.22. The third kappa shape index (κ3) is 5.72. The highest BCUT2D eigenvalue weighted by Crippen LogP contribution is 2.18. The summed E-state index contributed by atoms with van der Waals surface area (Å²) in [5, 5.41) is 0. The van der Waals surface area contributed by atoms with Gasteiger partial charge in [-0.25, -0.2) is 0 Å². The molecule has 0 aliphatic heterocycles. The van der Waals surface area contributed by atoms with E-state index in [0.29, 0.717) is 0 Å². The van der Waals surface area contributed by atoms with Crippen molar-refractivity contribution in [3.05, 3.63) is 11.1 Å². The first-order valence-electron chi connectivity index (χ1n) is 7.55. The molecule has 0 aromatic heterocycles. The van der Waals surface area contributed by atoms with E-state index in [1.807, 2.05) is 0 Å². The molecule has 1 atom stereocenters. The van der Waals surface area contributed by atoms with Crippen LogP contribution in [0.15, 0.2) is 11.1 Å². The molecule has 17 heavy (non-hydrogen) atoms. The molecule has 0 spiro atoms. The van der Waals surface area contributed by atoms with Crippen molar-refractivity contribution in [1.82, 2.24) is 0 Å². The zero-order valence-electron chi connectivity index (χ0n) is 13.1. The maximum absolute atomic E-state index is 2.36. The molecule has 0 aliphatic rings. The van der Waals surface area contributed by atoms with E-state index in [-0.39, 0.29) is 0 Å². The van der Waals surface area contributed by atoms with Crippen LogP contribution in [0.1, 0.15) is 67.2 Å². The highest BCUT2D eigenvalue weighted by molar-refractivity contribution is 5.09. The minimum Gasteiger partial charge on any atom is -0.320 e. The van der Waals surface area contributed by atoms with E-state index in [4.69, 9.17) is 0 Å². The number of unbranched alkanes of at least 4 members (excludes halogenated alkanes) is 1. The van der Waals surface area contributed by atoms with Gasteiger partial charge in [0.2, 0.25) is 0 Å². The Bertz CT molecular complexity index is 226. The lowest BCUT2D eigenvalue weighted by Gasteiger charge is -2.39. The van der Waals surface area contributed by atoms with Crippen molar-refractivity contribution in [2.45, 2.75) is 67.2 Å². The van der Waals surface area contributed by atoms with Crippen molar-refractivity contribution >= 4 is 0 Å². The van der Waals surface area contributed by atoms with Crippen LogP contribution in [0.4, 0.5) is 0 Å². The third-order valence-corrected chi connectivity index (χ3v) is 4.01. The van der Waals surface area contributed by atoms with Gasteiger partial charge in [-0.05, 0) is 45.6 Å². The molecule has 0 amide bonds. The molecule has 0 heterocycles. The van der Waals surface area contributed by atoms with Crippen LogP contribution in [0, 0.1) is 0 Å². The van der Waals surface area contributed by atoms with E-state index < -0.39 is 0 Å². The first-order valence-corrected chi connectivity index (χ1v) is 7.55. The van der Waals surface area contributed by atoms with Crippen molar-refractivity contribution in [2.75, 3.05) is 26.2 Å². The molecule has 102 valence electrons. The zero-order chi connectivity index (χ0) is 13.3. The maximum atomic E-state index is 2.36. The van der Waals surface area contributed by atoms with Crippen LogP contribution in [0.5, 0.6) is 0 Å². The number of hydrogen-bond donors (Lipinski definition) is 0. The van der Waals surface area contributed by atoms with Gasteiger partial charge >= 0.3 is 0 Å². The third-order valence-electron chi connectivity index (χ3n) is 4.01. The molecule has 0 aromatic carbocycles. The van der Waals surface area contributed by atoms with Crippen molar-refractivity contribution in [2.24, 2.45) is 0 Å². The molecule has 0 saturated heterocycles. The average molecular weight is 240 g/mol. The Labute approximate surface area is 109 Å². The summed E-state index contributed by atoms with van der Waals surface area (Å²) in [6.07, 6.45) is 5.21. The Morgan fingerprint density at radius 2 is 1.53 bits per heavy atom. The molecular weight excluding hydrogens is 206 g/mol. The molecule has 0 fully saturated rings. The summed E-state index contributed by atoms with van der Waals surface area (Å²) in [4.78, 5) is 0. The van der Waals surface area contributed by atoms with Crippen molar-refractivity contribution in [1.29, 1.82) is 0 Å². The van der Waals surface area contributed by atoms with E-state index in [9.17, 15) is 0 Å². The normalized spacial score (nSPS) is 14.5. The van der Waals surface area contributed by atoms with Crippen LogP contribution in [0.3, 0.4) is 0 Å². The van der Waals surface area contributed by atoms with Gasteiger partial charge in [0.05, 0.1) is 19.6 Å². The van der Waals surface area contributed by atoms with E-state index in [0.717, 1.165) is 0 Å². The van der Waals surface area contributed by atoms with E-state index in [1.54, 1.807) is 5.57 Å². The van der Waals surface area contributed by atoms with E-state index in [1.165, 1.54) is 61.9 Å². The van der Waals surface area contributed by atoms with Crippen LogP contribution in [0.2, 0.25) is 0 Å². The molecule has 0 aromatic rings. The number of rotatable bonds is 9. The molecule has 1 unspecified atom stereocenters. The molecule has 1 nitrogen and oxygen atoms in total. The zero-order valence-corrected chi connectivity index (χ0v) is 13.1. The minimum absolute atomic E-state index is 1.22. The molecule has 0 aliphatic carbocycles. The Morgan fingerprint density at radius 1 is 0.882 bits per heavy atom. The van der Waals surface area contributed by atoms with Gasteiger partial charge in [-0.1, -0.05) is 32.8 Å². The highest BCUT2D eigenvalue weighted by Gasteiger charge is 2.25. The number of nitrogens with zero attached hydrogens (tertiary/aromatic N) is 1. The summed E-state index contributed by atoms with van der Waals surface area (Å²) in [6, 6.07) is 0. The SMILES string of the molecule is CCCC[N+](CC)(CCC)CC(CC)=C(C)C. The number of likely N-dealkylation sites (N-methyl/N-ethyl adjacent to an activating group) is 1. The van der Waals surface area contributed by atoms with Crippen LogP contribution >= 0.6 is 0 Å². The topological polar surface area (TPSA) is 0 Å². The number of allylic oxidation sites excluding steroid dienone is 1. The summed E-state index contributed by atoms with van der Waals surface area (Å²) in [5.74, 6) is 0. The van der Waals surface area contributed by atoms with Crippen molar-refractivity contribution < 1.29 is 4.48 Å². The Hall–Kier alpha value is -0.300. The fourth-order valence-electron chi connectivity index (χ4n) is 2.69. The Kier molecular flexibility index (Phi) is 8.59. The minimum atomic E-state index is 1.22. The summed E-state index contributed by atoms with van der Waals surface area (Å²) in [6.45, 7) is 19.1. The van der Waals surface area contributed by atoms with Gasteiger partial charge in [0.25, 0.3) is 0 Å². The van der Waals surface area contributed by atoms with Crippen LogP contribution < -0.4 is 0 Å². The van der Waals surface area contributed by atoms with Gasteiger partial charge < -0.3 is 4.48 Å². The monoisotopic (exact) mass is 240 g/mol.